The maximum atomic E-state index is 13.7. The minimum atomic E-state index is -0.566. The lowest BCUT2D eigenvalue weighted by atomic mass is 10.2. The molecule has 0 saturated carbocycles. The van der Waals surface area contributed by atoms with Crippen molar-refractivity contribution in [3.05, 3.63) is 80.4 Å². The molecule has 0 atom stereocenters. The van der Waals surface area contributed by atoms with Gasteiger partial charge in [-0.05, 0) is 35.0 Å². The van der Waals surface area contributed by atoms with Gasteiger partial charge in [-0.2, -0.15) is 0 Å². The van der Waals surface area contributed by atoms with Crippen LogP contribution in [0.4, 0.5) is 4.39 Å². The predicted molar refractivity (Wildman–Crippen MR) is 110 cm³/mol. The van der Waals surface area contributed by atoms with Crippen LogP contribution >= 0.6 is 22.7 Å². The van der Waals surface area contributed by atoms with Crippen molar-refractivity contribution in [1.82, 2.24) is 4.90 Å². The van der Waals surface area contributed by atoms with Crippen molar-refractivity contribution in [2.75, 3.05) is 13.7 Å². The third kappa shape index (κ3) is 5.15. The van der Waals surface area contributed by atoms with E-state index >= 15 is 0 Å². The molecule has 0 aliphatic carbocycles. The number of thiophene rings is 2. The number of rotatable bonds is 7. The van der Waals surface area contributed by atoms with Gasteiger partial charge in [-0.3, -0.25) is 4.79 Å². The van der Waals surface area contributed by atoms with E-state index in [-0.39, 0.29) is 12.4 Å². The van der Waals surface area contributed by atoms with Gasteiger partial charge in [0.2, 0.25) is 0 Å². The number of esters is 1. The summed E-state index contributed by atoms with van der Waals surface area (Å²) in [5.74, 6) is -1.35. The number of nitrogens with zero attached hydrogens (tertiary/aromatic N) is 1. The molecular formula is C21H18FNO3S2. The largest absolute Gasteiger partial charge is 0.452 e. The molecular weight excluding hydrogens is 397 g/mol. The van der Waals surface area contributed by atoms with E-state index in [9.17, 15) is 14.0 Å². The summed E-state index contributed by atoms with van der Waals surface area (Å²) in [6.45, 7) is -0.303. The number of hydrogen-bond acceptors (Lipinski definition) is 5. The predicted octanol–water partition coefficient (Wildman–Crippen LogP) is 4.69. The van der Waals surface area contributed by atoms with E-state index in [1.165, 1.54) is 33.6 Å². The third-order valence-electron chi connectivity index (χ3n) is 3.95. The zero-order chi connectivity index (χ0) is 19.9. The van der Waals surface area contributed by atoms with Crippen molar-refractivity contribution in [3.8, 4) is 0 Å². The van der Waals surface area contributed by atoms with E-state index in [0.29, 0.717) is 11.1 Å². The topological polar surface area (TPSA) is 46.6 Å². The lowest BCUT2D eigenvalue weighted by Crippen LogP contribution is -2.31. The van der Waals surface area contributed by atoms with E-state index in [1.54, 1.807) is 31.3 Å². The van der Waals surface area contributed by atoms with Crippen molar-refractivity contribution >= 4 is 46.2 Å². The van der Waals surface area contributed by atoms with E-state index in [0.717, 1.165) is 9.75 Å². The SMILES string of the molecule is CN(Cc1ccccc1F)C(=O)COC(=O)/C(=C/c1cccs1)c1cccs1. The molecule has 0 aliphatic heterocycles. The summed E-state index contributed by atoms with van der Waals surface area (Å²) in [7, 11) is 1.55. The molecule has 0 N–H and O–H groups in total. The Morgan fingerprint density at radius 2 is 1.82 bits per heavy atom. The fourth-order valence-corrected chi connectivity index (χ4v) is 3.85. The Balaban J connectivity index is 1.64. The molecule has 2 aromatic heterocycles. The first-order valence-electron chi connectivity index (χ1n) is 8.48. The molecule has 144 valence electrons. The molecule has 0 fully saturated rings. The summed E-state index contributed by atoms with van der Waals surface area (Å²) in [6.07, 6.45) is 1.76. The summed E-state index contributed by atoms with van der Waals surface area (Å²) in [5.41, 5.74) is 0.809. The highest BCUT2D eigenvalue weighted by atomic mass is 32.1. The zero-order valence-electron chi connectivity index (χ0n) is 15.1. The van der Waals surface area contributed by atoms with Crippen LogP contribution in [0.3, 0.4) is 0 Å². The normalized spacial score (nSPS) is 11.3. The smallest absolute Gasteiger partial charge is 0.340 e. The highest BCUT2D eigenvalue weighted by Gasteiger charge is 2.18. The van der Waals surface area contributed by atoms with Gasteiger partial charge in [0, 0.05) is 28.9 Å². The fraction of sp³-hybridized carbons (Fsp3) is 0.143. The van der Waals surface area contributed by atoms with Gasteiger partial charge in [0.05, 0.1) is 5.57 Å². The average Bonchev–Trinajstić information content (AvgIpc) is 3.39. The highest BCUT2D eigenvalue weighted by molar-refractivity contribution is 7.12. The molecule has 0 saturated heterocycles. The molecule has 7 heteroatoms. The maximum Gasteiger partial charge on any atom is 0.340 e. The Bertz CT molecular complexity index is 965. The van der Waals surface area contributed by atoms with Crippen LogP contribution in [0.1, 0.15) is 15.3 Å². The molecule has 3 rings (SSSR count). The first-order chi connectivity index (χ1) is 13.5. The number of hydrogen-bond donors (Lipinski definition) is 0. The van der Waals surface area contributed by atoms with Crippen LogP contribution in [0, 0.1) is 5.82 Å². The molecule has 0 bridgehead atoms. The standard InChI is InChI=1S/C21H18FNO3S2/c1-23(13-15-6-2-3-8-18(15)22)20(24)14-26-21(25)17(19-9-5-11-28-19)12-16-7-4-10-27-16/h2-12H,13-14H2,1H3/b17-12+. The Hall–Kier alpha value is -2.77. The third-order valence-corrected chi connectivity index (χ3v) is 5.68. The van der Waals surface area contributed by atoms with Gasteiger partial charge in [0.1, 0.15) is 5.82 Å². The van der Waals surface area contributed by atoms with Crippen LogP contribution in [0.5, 0.6) is 0 Å². The molecule has 0 radical (unpaired) electrons. The van der Waals surface area contributed by atoms with Gasteiger partial charge in [-0.1, -0.05) is 30.3 Å². The minimum absolute atomic E-state index is 0.103. The van der Waals surface area contributed by atoms with Gasteiger partial charge in [0.25, 0.3) is 5.91 Å². The Morgan fingerprint density at radius 1 is 1.07 bits per heavy atom. The molecule has 1 aromatic carbocycles. The molecule has 28 heavy (non-hydrogen) atoms. The lowest BCUT2D eigenvalue weighted by Gasteiger charge is -2.17. The average molecular weight is 416 g/mol. The van der Waals surface area contributed by atoms with Gasteiger partial charge >= 0.3 is 5.97 Å². The van der Waals surface area contributed by atoms with Gasteiger partial charge < -0.3 is 9.64 Å². The molecule has 3 aromatic rings. The molecule has 4 nitrogen and oxygen atoms in total. The Kier molecular flexibility index (Phi) is 6.73. The zero-order valence-corrected chi connectivity index (χ0v) is 16.8. The van der Waals surface area contributed by atoms with Gasteiger partial charge in [-0.15, -0.1) is 22.7 Å². The minimum Gasteiger partial charge on any atom is -0.452 e. The van der Waals surface area contributed by atoms with Crippen molar-refractivity contribution in [2.45, 2.75) is 6.54 Å². The van der Waals surface area contributed by atoms with Crippen LogP contribution in [-0.4, -0.2) is 30.4 Å². The van der Waals surface area contributed by atoms with E-state index in [4.69, 9.17) is 4.74 Å². The quantitative estimate of drug-likeness (QED) is 0.415. The maximum absolute atomic E-state index is 13.7. The number of ether oxygens (including phenoxy) is 1. The number of likely N-dealkylation sites (N-methyl/N-ethyl adjacent to an activating group) is 1. The summed E-state index contributed by atoms with van der Waals surface area (Å²) in [5, 5.41) is 3.79. The second-order valence-electron chi connectivity index (χ2n) is 5.97. The molecule has 0 spiro atoms. The van der Waals surface area contributed by atoms with E-state index in [2.05, 4.69) is 0 Å². The summed E-state index contributed by atoms with van der Waals surface area (Å²) in [4.78, 5) is 27.9. The van der Waals surface area contributed by atoms with Crippen LogP contribution in [-0.2, 0) is 20.9 Å². The van der Waals surface area contributed by atoms with Crippen molar-refractivity contribution in [3.63, 3.8) is 0 Å². The van der Waals surface area contributed by atoms with Crippen LogP contribution in [0.25, 0.3) is 11.6 Å². The second-order valence-corrected chi connectivity index (χ2v) is 7.90. The first-order valence-corrected chi connectivity index (χ1v) is 10.2. The van der Waals surface area contributed by atoms with Crippen molar-refractivity contribution < 1.29 is 18.7 Å². The van der Waals surface area contributed by atoms with Crippen LogP contribution in [0.2, 0.25) is 0 Å². The van der Waals surface area contributed by atoms with E-state index < -0.39 is 18.5 Å². The number of amides is 1. The van der Waals surface area contributed by atoms with Crippen LogP contribution in [0.15, 0.2) is 59.3 Å². The Morgan fingerprint density at radius 3 is 2.50 bits per heavy atom. The summed E-state index contributed by atoms with van der Waals surface area (Å²) < 4.78 is 19.0. The van der Waals surface area contributed by atoms with Crippen molar-refractivity contribution in [2.24, 2.45) is 0 Å². The summed E-state index contributed by atoms with van der Waals surface area (Å²) in [6, 6.07) is 13.7. The molecule has 1 amide bonds. The lowest BCUT2D eigenvalue weighted by molar-refractivity contribution is -0.147. The van der Waals surface area contributed by atoms with Gasteiger partial charge in [-0.25, -0.2) is 9.18 Å². The molecule has 2 heterocycles. The van der Waals surface area contributed by atoms with Gasteiger partial charge in [0.15, 0.2) is 6.61 Å². The van der Waals surface area contributed by atoms with Crippen LogP contribution < -0.4 is 0 Å². The summed E-state index contributed by atoms with van der Waals surface area (Å²) >= 11 is 2.93. The van der Waals surface area contributed by atoms with Crippen molar-refractivity contribution in [1.29, 1.82) is 0 Å². The first kappa shape index (κ1) is 20.0. The highest BCUT2D eigenvalue weighted by Crippen LogP contribution is 2.25. The number of benzene rings is 1. The Labute approximate surface area is 170 Å². The molecule has 0 unspecified atom stereocenters. The van der Waals surface area contributed by atoms with E-state index in [1.807, 2.05) is 35.0 Å². The fourth-order valence-electron chi connectivity index (χ4n) is 2.46. The monoisotopic (exact) mass is 415 g/mol. The second kappa shape index (κ2) is 9.43. The number of carbonyl (C=O) groups is 2. The number of halogens is 1. The number of carbonyl (C=O) groups excluding carboxylic acids is 2. The molecule has 0 aliphatic rings.